The number of nitro benzene ring substituents is 2. The summed E-state index contributed by atoms with van der Waals surface area (Å²) in [5.41, 5.74) is -1.18. The van der Waals surface area contributed by atoms with Gasteiger partial charge in [-0.3, -0.25) is 20.2 Å². The summed E-state index contributed by atoms with van der Waals surface area (Å²) in [5.74, 6) is -0.361. The van der Waals surface area contributed by atoms with Gasteiger partial charge in [0.2, 0.25) is 11.5 Å². The summed E-state index contributed by atoms with van der Waals surface area (Å²) >= 11 is 0. The van der Waals surface area contributed by atoms with Crippen molar-refractivity contribution in [2.45, 2.75) is 37.8 Å². The van der Waals surface area contributed by atoms with Crippen molar-refractivity contribution in [1.82, 2.24) is 0 Å². The average molecular weight is 406 g/mol. The average Bonchev–Trinajstić information content (AvgIpc) is 2.69. The van der Waals surface area contributed by atoms with E-state index in [0.29, 0.717) is 12.8 Å². The Morgan fingerprint density at radius 3 is 1.64 bits per heavy atom. The van der Waals surface area contributed by atoms with Gasteiger partial charge in [-0.2, -0.15) is 0 Å². The molecule has 28 heavy (non-hydrogen) atoms. The number of para-hydroxylation sites is 4. The van der Waals surface area contributed by atoms with Gasteiger partial charge in [-0.15, -0.1) is 0 Å². The molecule has 10 heteroatoms. The zero-order valence-electron chi connectivity index (χ0n) is 14.9. The predicted octanol–water partition coefficient (Wildman–Crippen LogP) is 5.49. The second kappa shape index (κ2) is 8.39. The maximum Gasteiger partial charge on any atom is 0.434 e. The van der Waals surface area contributed by atoms with Gasteiger partial charge in [-0.25, -0.2) is 4.57 Å². The molecule has 0 heterocycles. The van der Waals surface area contributed by atoms with Crippen molar-refractivity contribution in [2.24, 2.45) is 0 Å². The smallest absolute Gasteiger partial charge is 0.408 e. The lowest BCUT2D eigenvalue weighted by Crippen LogP contribution is -2.20. The summed E-state index contributed by atoms with van der Waals surface area (Å²) in [4.78, 5) is 21.3. The molecule has 9 nitrogen and oxygen atoms in total. The van der Waals surface area contributed by atoms with E-state index in [1.807, 2.05) is 0 Å². The Bertz CT molecular complexity index is 864. The van der Waals surface area contributed by atoms with Gasteiger partial charge < -0.3 is 9.05 Å². The van der Waals surface area contributed by atoms with Gasteiger partial charge in [0, 0.05) is 12.1 Å². The van der Waals surface area contributed by atoms with E-state index in [-0.39, 0.29) is 22.9 Å². The van der Waals surface area contributed by atoms with Gasteiger partial charge in [0.25, 0.3) is 0 Å². The third-order valence-corrected chi connectivity index (χ3v) is 6.91. The Balaban J connectivity index is 2.01. The van der Waals surface area contributed by atoms with Crippen LogP contribution in [0.4, 0.5) is 11.4 Å². The minimum Gasteiger partial charge on any atom is -0.408 e. The van der Waals surface area contributed by atoms with Crippen LogP contribution in [0.1, 0.15) is 32.1 Å². The summed E-state index contributed by atoms with van der Waals surface area (Å²) in [6.45, 7) is 0. The molecule has 0 aromatic heterocycles. The van der Waals surface area contributed by atoms with Crippen molar-refractivity contribution in [1.29, 1.82) is 0 Å². The van der Waals surface area contributed by atoms with Crippen LogP contribution in [0.25, 0.3) is 0 Å². The summed E-state index contributed by atoms with van der Waals surface area (Å²) < 4.78 is 25.1. The van der Waals surface area contributed by atoms with E-state index >= 15 is 0 Å². The lowest BCUT2D eigenvalue weighted by molar-refractivity contribution is -0.385. The molecule has 3 rings (SSSR count). The molecule has 0 N–H and O–H groups in total. The van der Waals surface area contributed by atoms with Crippen LogP contribution in [0.3, 0.4) is 0 Å². The van der Waals surface area contributed by atoms with Crippen molar-refractivity contribution in [2.75, 3.05) is 0 Å². The SMILES string of the molecule is O=[N+]([O-])c1ccccc1OP(=O)(Oc1ccccc1[N+](=O)[O-])C1CCCCC1. The Labute approximate surface area is 161 Å². The summed E-state index contributed by atoms with van der Waals surface area (Å²) in [5, 5.41) is 22.6. The fraction of sp³-hybridized carbons (Fsp3) is 0.333. The monoisotopic (exact) mass is 406 g/mol. The fourth-order valence-electron chi connectivity index (χ4n) is 3.21. The number of nitro groups is 2. The maximum absolute atomic E-state index is 13.8. The summed E-state index contributed by atoms with van der Waals surface area (Å²) in [7, 11) is -3.98. The molecule has 0 unspecified atom stereocenters. The molecule has 0 amide bonds. The Morgan fingerprint density at radius 2 is 1.21 bits per heavy atom. The second-order valence-electron chi connectivity index (χ2n) is 6.46. The molecule has 148 valence electrons. The van der Waals surface area contributed by atoms with Crippen molar-refractivity contribution in [3.05, 3.63) is 68.8 Å². The molecule has 0 radical (unpaired) electrons. The van der Waals surface area contributed by atoms with Crippen molar-refractivity contribution >= 4 is 19.0 Å². The molecule has 0 saturated heterocycles. The van der Waals surface area contributed by atoms with Crippen LogP contribution >= 0.6 is 7.60 Å². The molecule has 1 aliphatic rings. The van der Waals surface area contributed by atoms with Crippen LogP contribution in [-0.2, 0) is 4.57 Å². The van der Waals surface area contributed by atoms with Gasteiger partial charge in [0.05, 0.1) is 15.5 Å². The molecule has 2 aromatic rings. The van der Waals surface area contributed by atoms with Crippen LogP contribution in [-0.4, -0.2) is 15.5 Å². The van der Waals surface area contributed by atoms with Crippen molar-refractivity contribution in [3.8, 4) is 11.5 Å². The molecule has 0 aliphatic heterocycles. The number of nitrogens with zero attached hydrogens (tertiary/aromatic N) is 2. The quantitative estimate of drug-likeness (QED) is 0.339. The van der Waals surface area contributed by atoms with Crippen molar-refractivity contribution < 1.29 is 23.5 Å². The van der Waals surface area contributed by atoms with Gasteiger partial charge in [-0.1, -0.05) is 43.5 Å². The summed E-state index contributed by atoms with van der Waals surface area (Å²) in [6.07, 6.45) is 3.72. The highest BCUT2D eigenvalue weighted by Gasteiger charge is 2.42. The van der Waals surface area contributed by atoms with Gasteiger partial charge in [0.1, 0.15) is 0 Å². The molecule has 1 aliphatic carbocycles. The molecule has 0 spiro atoms. The third kappa shape index (κ3) is 4.31. The minimum absolute atomic E-state index is 0.181. The minimum atomic E-state index is -3.98. The second-order valence-corrected chi connectivity index (χ2v) is 8.64. The first-order chi connectivity index (χ1) is 13.4. The topological polar surface area (TPSA) is 122 Å². The van der Waals surface area contributed by atoms with E-state index in [9.17, 15) is 24.8 Å². The highest BCUT2D eigenvalue weighted by molar-refractivity contribution is 7.55. The zero-order chi connectivity index (χ0) is 20.1. The lowest BCUT2D eigenvalue weighted by atomic mass is 10.0. The molecule has 1 saturated carbocycles. The molecule has 0 bridgehead atoms. The van der Waals surface area contributed by atoms with Gasteiger partial charge >= 0.3 is 19.0 Å². The number of hydrogen-bond donors (Lipinski definition) is 0. The Morgan fingerprint density at radius 1 is 0.786 bits per heavy atom. The van der Waals surface area contributed by atoms with Gasteiger partial charge in [-0.05, 0) is 25.0 Å². The lowest BCUT2D eigenvalue weighted by Gasteiger charge is -2.29. The van der Waals surface area contributed by atoms with Crippen LogP contribution in [0.15, 0.2) is 48.5 Å². The van der Waals surface area contributed by atoms with E-state index in [4.69, 9.17) is 9.05 Å². The highest BCUT2D eigenvalue weighted by Crippen LogP contribution is 2.58. The third-order valence-electron chi connectivity index (χ3n) is 4.60. The maximum atomic E-state index is 13.8. The Kier molecular flexibility index (Phi) is 5.94. The van der Waals surface area contributed by atoms with E-state index < -0.39 is 23.1 Å². The van der Waals surface area contributed by atoms with E-state index in [1.54, 1.807) is 0 Å². The van der Waals surface area contributed by atoms with Crippen molar-refractivity contribution in [3.63, 3.8) is 0 Å². The first kappa shape index (κ1) is 19.8. The van der Waals surface area contributed by atoms with Gasteiger partial charge in [0.15, 0.2) is 0 Å². The summed E-state index contributed by atoms with van der Waals surface area (Å²) in [6, 6.07) is 11.2. The number of hydrogen-bond acceptors (Lipinski definition) is 7. The normalized spacial score (nSPS) is 15.0. The zero-order valence-corrected chi connectivity index (χ0v) is 15.8. The largest absolute Gasteiger partial charge is 0.434 e. The van der Waals surface area contributed by atoms with E-state index in [0.717, 1.165) is 19.3 Å². The number of benzene rings is 2. The van der Waals surface area contributed by atoms with Crippen LogP contribution in [0.5, 0.6) is 11.5 Å². The molecular weight excluding hydrogens is 387 g/mol. The first-order valence-electron chi connectivity index (χ1n) is 8.86. The standard InChI is InChI=1S/C18H19N2O7P/c21-19(22)15-10-4-6-12-17(15)26-28(25,14-8-2-1-3-9-14)27-18-13-7-5-11-16(18)20(23)24/h4-7,10-14H,1-3,8-9H2. The number of rotatable bonds is 7. The fourth-order valence-corrected chi connectivity index (χ4v) is 5.40. The van der Waals surface area contributed by atoms with Crippen LogP contribution in [0, 0.1) is 20.2 Å². The first-order valence-corrected chi connectivity index (χ1v) is 10.5. The Hall–Kier alpha value is -2.93. The molecular formula is C18H19N2O7P. The molecule has 1 fully saturated rings. The predicted molar refractivity (Wildman–Crippen MR) is 102 cm³/mol. The van der Waals surface area contributed by atoms with E-state index in [2.05, 4.69) is 0 Å². The van der Waals surface area contributed by atoms with Crippen LogP contribution < -0.4 is 9.05 Å². The molecule has 0 atom stereocenters. The highest BCUT2D eigenvalue weighted by atomic mass is 31.2. The van der Waals surface area contributed by atoms with E-state index in [1.165, 1.54) is 48.5 Å². The molecule has 2 aromatic carbocycles. The van der Waals surface area contributed by atoms with Crippen LogP contribution in [0.2, 0.25) is 0 Å².